The molecule has 0 saturated heterocycles. The molecule has 2 rings (SSSR count). The highest BCUT2D eigenvalue weighted by molar-refractivity contribution is 5.03. The number of nitrogens with two attached hydrogens (primary N) is 1. The first kappa shape index (κ1) is 13.5. The molecule has 0 aliphatic heterocycles. The molecule has 1 fully saturated rings. The van der Waals surface area contributed by atoms with Crippen LogP contribution in [0.2, 0.25) is 0 Å². The fraction of sp³-hybridized carbons (Fsp3) is 0.769. The molecule has 0 aromatic carbocycles. The van der Waals surface area contributed by atoms with Crippen LogP contribution < -0.4 is 5.73 Å². The Morgan fingerprint density at radius 3 is 3.00 bits per heavy atom. The second kappa shape index (κ2) is 6.87. The Labute approximate surface area is 108 Å². The normalized spacial score (nSPS) is 24.3. The van der Waals surface area contributed by atoms with Crippen LogP contribution in [0.1, 0.15) is 37.1 Å². The summed E-state index contributed by atoms with van der Waals surface area (Å²) in [5, 5.41) is 3.96. The zero-order chi connectivity index (χ0) is 12.8. The lowest BCUT2D eigenvalue weighted by Gasteiger charge is -2.30. The number of ether oxygens (including phenoxy) is 2. The van der Waals surface area contributed by atoms with Crippen LogP contribution in [0, 0.1) is 5.92 Å². The van der Waals surface area contributed by atoms with Crippen molar-refractivity contribution in [3.63, 3.8) is 0 Å². The van der Waals surface area contributed by atoms with E-state index in [0.29, 0.717) is 25.7 Å². The summed E-state index contributed by atoms with van der Waals surface area (Å²) in [6, 6.07) is 1.88. The van der Waals surface area contributed by atoms with Crippen molar-refractivity contribution in [3.05, 3.63) is 17.5 Å². The molecule has 0 bridgehead atoms. The van der Waals surface area contributed by atoms with Gasteiger partial charge in [0.25, 0.3) is 0 Å². The number of hydrogen-bond donors (Lipinski definition) is 1. The minimum Gasteiger partial charge on any atom is -0.377 e. The standard InChI is InChI=1S/C13H22N2O3/c1-16-9-12-6-11(15-18-12)8-17-13-5-3-2-4-10(13)7-14/h6,10,13H,2-5,7-9,14H2,1H3. The van der Waals surface area contributed by atoms with Gasteiger partial charge in [-0.2, -0.15) is 0 Å². The average Bonchev–Trinajstić information content (AvgIpc) is 2.85. The molecule has 5 nitrogen and oxygen atoms in total. The summed E-state index contributed by atoms with van der Waals surface area (Å²) in [4.78, 5) is 0. The Hall–Kier alpha value is -0.910. The monoisotopic (exact) mass is 254 g/mol. The smallest absolute Gasteiger partial charge is 0.162 e. The van der Waals surface area contributed by atoms with E-state index in [-0.39, 0.29) is 6.10 Å². The maximum Gasteiger partial charge on any atom is 0.162 e. The van der Waals surface area contributed by atoms with Crippen molar-refractivity contribution in [1.82, 2.24) is 5.16 Å². The zero-order valence-electron chi connectivity index (χ0n) is 10.9. The Balaban J connectivity index is 1.81. The number of methoxy groups -OCH3 is 1. The van der Waals surface area contributed by atoms with Crippen LogP contribution in [0.4, 0.5) is 0 Å². The molecule has 2 N–H and O–H groups in total. The highest BCUT2D eigenvalue weighted by Crippen LogP contribution is 2.26. The van der Waals surface area contributed by atoms with E-state index in [4.69, 9.17) is 19.7 Å². The molecule has 1 heterocycles. The number of rotatable bonds is 6. The SMILES string of the molecule is COCc1cc(COC2CCCCC2CN)no1. The molecular weight excluding hydrogens is 232 g/mol. The average molecular weight is 254 g/mol. The van der Waals surface area contributed by atoms with Gasteiger partial charge in [-0.3, -0.25) is 0 Å². The molecular formula is C13H22N2O3. The topological polar surface area (TPSA) is 70.5 Å². The Morgan fingerprint density at radius 2 is 2.22 bits per heavy atom. The first-order valence-corrected chi connectivity index (χ1v) is 6.58. The van der Waals surface area contributed by atoms with Crippen LogP contribution in [-0.2, 0) is 22.7 Å². The van der Waals surface area contributed by atoms with Crippen molar-refractivity contribution < 1.29 is 14.0 Å². The summed E-state index contributed by atoms with van der Waals surface area (Å²) in [5.41, 5.74) is 6.60. The van der Waals surface area contributed by atoms with Gasteiger partial charge >= 0.3 is 0 Å². The Bertz CT molecular complexity index is 354. The predicted octanol–water partition coefficient (Wildman–Crippen LogP) is 1.86. The van der Waals surface area contributed by atoms with Crippen LogP contribution in [0.15, 0.2) is 10.6 Å². The highest BCUT2D eigenvalue weighted by Gasteiger charge is 2.24. The minimum atomic E-state index is 0.270. The lowest BCUT2D eigenvalue weighted by atomic mass is 9.86. The van der Waals surface area contributed by atoms with Crippen molar-refractivity contribution in [2.45, 2.75) is 45.0 Å². The second-order valence-corrected chi connectivity index (χ2v) is 4.85. The summed E-state index contributed by atoms with van der Waals surface area (Å²) in [6.07, 6.45) is 5.05. The van der Waals surface area contributed by atoms with Crippen LogP contribution in [0.3, 0.4) is 0 Å². The second-order valence-electron chi connectivity index (χ2n) is 4.85. The molecule has 0 radical (unpaired) electrons. The van der Waals surface area contributed by atoms with Gasteiger partial charge in [0, 0.05) is 13.2 Å². The van der Waals surface area contributed by atoms with Crippen molar-refractivity contribution in [1.29, 1.82) is 0 Å². The van der Waals surface area contributed by atoms with Crippen LogP contribution in [0.25, 0.3) is 0 Å². The molecule has 1 aliphatic rings. The largest absolute Gasteiger partial charge is 0.377 e. The first-order chi connectivity index (χ1) is 8.83. The number of hydrogen-bond acceptors (Lipinski definition) is 5. The van der Waals surface area contributed by atoms with Gasteiger partial charge in [-0.15, -0.1) is 0 Å². The van der Waals surface area contributed by atoms with Gasteiger partial charge < -0.3 is 19.7 Å². The van der Waals surface area contributed by atoms with Crippen molar-refractivity contribution in [2.24, 2.45) is 11.7 Å². The van der Waals surface area contributed by atoms with Gasteiger partial charge in [0.2, 0.25) is 0 Å². The molecule has 102 valence electrons. The van der Waals surface area contributed by atoms with E-state index in [0.717, 1.165) is 17.9 Å². The van der Waals surface area contributed by atoms with Gasteiger partial charge in [-0.05, 0) is 25.3 Å². The fourth-order valence-electron chi connectivity index (χ4n) is 2.49. The van der Waals surface area contributed by atoms with E-state index >= 15 is 0 Å². The maximum atomic E-state index is 5.92. The molecule has 1 aromatic heterocycles. The van der Waals surface area contributed by atoms with E-state index in [1.54, 1.807) is 7.11 Å². The van der Waals surface area contributed by atoms with Crippen LogP contribution in [0.5, 0.6) is 0 Å². The van der Waals surface area contributed by atoms with Crippen molar-refractivity contribution in [3.8, 4) is 0 Å². The first-order valence-electron chi connectivity index (χ1n) is 6.58. The molecule has 1 saturated carbocycles. The Morgan fingerprint density at radius 1 is 1.39 bits per heavy atom. The molecule has 5 heteroatoms. The van der Waals surface area contributed by atoms with Gasteiger partial charge in [-0.25, -0.2) is 0 Å². The van der Waals surface area contributed by atoms with Gasteiger partial charge in [0.1, 0.15) is 12.3 Å². The zero-order valence-corrected chi connectivity index (χ0v) is 10.9. The predicted molar refractivity (Wildman–Crippen MR) is 66.8 cm³/mol. The number of aromatic nitrogens is 1. The molecule has 1 aliphatic carbocycles. The van der Waals surface area contributed by atoms with Crippen molar-refractivity contribution in [2.75, 3.05) is 13.7 Å². The third-order valence-electron chi connectivity index (χ3n) is 3.48. The fourth-order valence-corrected chi connectivity index (χ4v) is 2.49. The van der Waals surface area contributed by atoms with Gasteiger partial charge in [0.05, 0.1) is 12.7 Å². The lowest BCUT2D eigenvalue weighted by Crippen LogP contribution is -2.33. The molecule has 2 atom stereocenters. The summed E-state index contributed by atoms with van der Waals surface area (Å²) in [6.45, 7) is 1.65. The molecule has 1 aromatic rings. The van der Waals surface area contributed by atoms with E-state index in [2.05, 4.69) is 5.16 Å². The summed E-state index contributed by atoms with van der Waals surface area (Å²) >= 11 is 0. The van der Waals surface area contributed by atoms with E-state index < -0.39 is 0 Å². The third kappa shape index (κ3) is 3.54. The van der Waals surface area contributed by atoms with E-state index in [9.17, 15) is 0 Å². The maximum absolute atomic E-state index is 5.92. The van der Waals surface area contributed by atoms with Crippen LogP contribution in [-0.4, -0.2) is 24.9 Å². The molecule has 0 amide bonds. The molecule has 2 unspecified atom stereocenters. The minimum absolute atomic E-state index is 0.270. The van der Waals surface area contributed by atoms with Crippen molar-refractivity contribution >= 4 is 0 Å². The van der Waals surface area contributed by atoms with E-state index in [1.807, 2.05) is 6.07 Å². The van der Waals surface area contributed by atoms with Crippen LogP contribution >= 0.6 is 0 Å². The van der Waals surface area contributed by atoms with Gasteiger partial charge in [0.15, 0.2) is 5.76 Å². The van der Waals surface area contributed by atoms with E-state index in [1.165, 1.54) is 19.3 Å². The quantitative estimate of drug-likeness (QED) is 0.839. The summed E-state index contributed by atoms with van der Waals surface area (Å²) in [5.74, 6) is 1.22. The lowest BCUT2D eigenvalue weighted by molar-refractivity contribution is -0.0204. The van der Waals surface area contributed by atoms with Gasteiger partial charge in [-0.1, -0.05) is 18.0 Å². The number of nitrogens with zero attached hydrogens (tertiary/aromatic N) is 1. The molecule has 18 heavy (non-hydrogen) atoms. The third-order valence-corrected chi connectivity index (χ3v) is 3.48. The highest BCUT2D eigenvalue weighted by atomic mass is 16.5. The summed E-state index contributed by atoms with van der Waals surface area (Å²) in [7, 11) is 1.63. The Kier molecular flexibility index (Phi) is 5.16. The summed E-state index contributed by atoms with van der Waals surface area (Å²) < 4.78 is 16.0. The molecule has 0 spiro atoms.